The number of carbonyl (C=O) groups excluding carboxylic acids is 1. The van der Waals surface area contributed by atoms with Crippen molar-refractivity contribution in [3.8, 4) is 0 Å². The molecule has 0 aromatic carbocycles. The molecular formula is C14H22N4O3. The number of aromatic nitrogens is 2. The van der Waals surface area contributed by atoms with Gasteiger partial charge in [-0.15, -0.1) is 0 Å². The van der Waals surface area contributed by atoms with Gasteiger partial charge in [-0.3, -0.25) is 9.69 Å². The highest BCUT2D eigenvalue weighted by molar-refractivity contribution is 5.69. The molecule has 1 saturated heterocycles. The van der Waals surface area contributed by atoms with Crippen LogP contribution < -0.4 is 0 Å². The highest BCUT2D eigenvalue weighted by Gasteiger charge is 2.29. The lowest BCUT2D eigenvalue weighted by molar-refractivity contribution is -0.141. The van der Waals surface area contributed by atoms with Crippen LogP contribution in [0.5, 0.6) is 0 Å². The number of carbonyl (C=O) groups is 1. The number of hydrogen-bond acceptors (Lipinski definition) is 7. The van der Waals surface area contributed by atoms with Crippen LogP contribution in [0.1, 0.15) is 36.9 Å². The Balaban J connectivity index is 1.39. The first-order chi connectivity index (χ1) is 10.2. The van der Waals surface area contributed by atoms with Gasteiger partial charge in [0.2, 0.25) is 5.89 Å². The zero-order valence-electron chi connectivity index (χ0n) is 12.5. The fourth-order valence-corrected chi connectivity index (χ4v) is 2.55. The summed E-state index contributed by atoms with van der Waals surface area (Å²) in [5.41, 5.74) is 0. The topological polar surface area (TPSA) is 71.7 Å². The quantitative estimate of drug-likeness (QED) is 0.712. The number of methoxy groups -OCH3 is 1. The van der Waals surface area contributed by atoms with Gasteiger partial charge in [0.15, 0.2) is 5.82 Å². The molecule has 1 aliphatic carbocycles. The molecule has 1 aliphatic heterocycles. The van der Waals surface area contributed by atoms with Crippen molar-refractivity contribution in [2.45, 2.75) is 31.7 Å². The predicted octanol–water partition coefficient (Wildman–Crippen LogP) is 0.628. The second-order valence-corrected chi connectivity index (χ2v) is 5.76. The Morgan fingerprint density at radius 1 is 1.29 bits per heavy atom. The highest BCUT2D eigenvalue weighted by Crippen LogP contribution is 2.38. The van der Waals surface area contributed by atoms with Crippen molar-refractivity contribution in [2.75, 3.05) is 39.8 Å². The number of nitrogens with zero attached hydrogens (tertiary/aromatic N) is 4. The number of piperazine rings is 1. The Kier molecular flexibility index (Phi) is 4.50. The maximum absolute atomic E-state index is 11.1. The molecule has 0 spiro atoms. The zero-order valence-corrected chi connectivity index (χ0v) is 12.5. The Bertz CT molecular complexity index is 478. The molecule has 0 radical (unpaired) electrons. The van der Waals surface area contributed by atoms with E-state index in [2.05, 4.69) is 24.7 Å². The third kappa shape index (κ3) is 4.01. The molecule has 1 aromatic heterocycles. The summed E-state index contributed by atoms with van der Waals surface area (Å²) in [7, 11) is 1.43. The van der Waals surface area contributed by atoms with Crippen LogP contribution in [-0.4, -0.2) is 65.7 Å². The van der Waals surface area contributed by atoms with Crippen LogP contribution in [0.25, 0.3) is 0 Å². The van der Waals surface area contributed by atoms with Crippen LogP contribution in [0, 0.1) is 0 Å². The number of rotatable bonds is 6. The average molecular weight is 294 g/mol. The monoisotopic (exact) mass is 294 g/mol. The van der Waals surface area contributed by atoms with E-state index in [9.17, 15) is 4.79 Å². The molecule has 21 heavy (non-hydrogen) atoms. The van der Waals surface area contributed by atoms with E-state index in [1.54, 1.807) is 0 Å². The Morgan fingerprint density at radius 3 is 2.67 bits per heavy atom. The number of hydrogen-bond donors (Lipinski definition) is 0. The van der Waals surface area contributed by atoms with E-state index in [-0.39, 0.29) is 5.97 Å². The van der Waals surface area contributed by atoms with Crippen molar-refractivity contribution in [3.05, 3.63) is 11.7 Å². The first-order valence-corrected chi connectivity index (χ1v) is 7.58. The van der Waals surface area contributed by atoms with Crippen LogP contribution in [0.3, 0.4) is 0 Å². The summed E-state index contributed by atoms with van der Waals surface area (Å²) in [5.74, 6) is 2.00. The minimum atomic E-state index is -0.143. The van der Waals surface area contributed by atoms with Crippen LogP contribution in [0.15, 0.2) is 4.52 Å². The number of esters is 1. The van der Waals surface area contributed by atoms with Crippen molar-refractivity contribution in [1.29, 1.82) is 0 Å². The summed E-state index contributed by atoms with van der Waals surface area (Å²) >= 11 is 0. The molecule has 2 fully saturated rings. The van der Waals surface area contributed by atoms with Crippen LogP contribution >= 0.6 is 0 Å². The van der Waals surface area contributed by atoms with Crippen molar-refractivity contribution in [1.82, 2.24) is 19.9 Å². The molecule has 2 heterocycles. The van der Waals surface area contributed by atoms with E-state index < -0.39 is 0 Å². The van der Waals surface area contributed by atoms with Gasteiger partial charge in [-0.05, 0) is 12.8 Å². The third-order valence-corrected chi connectivity index (χ3v) is 4.11. The lowest BCUT2D eigenvalue weighted by Crippen LogP contribution is -2.46. The van der Waals surface area contributed by atoms with Gasteiger partial charge >= 0.3 is 5.97 Å². The molecule has 3 rings (SSSR count). The predicted molar refractivity (Wildman–Crippen MR) is 74.6 cm³/mol. The Hall–Kier alpha value is -1.47. The first-order valence-electron chi connectivity index (χ1n) is 7.58. The summed E-state index contributed by atoms with van der Waals surface area (Å²) in [6.07, 6.45) is 2.85. The summed E-state index contributed by atoms with van der Waals surface area (Å²) in [6, 6.07) is 0. The van der Waals surface area contributed by atoms with Crippen molar-refractivity contribution in [3.63, 3.8) is 0 Å². The zero-order chi connectivity index (χ0) is 14.7. The van der Waals surface area contributed by atoms with Gasteiger partial charge in [0, 0.05) is 38.6 Å². The van der Waals surface area contributed by atoms with E-state index >= 15 is 0 Å². The minimum absolute atomic E-state index is 0.143. The van der Waals surface area contributed by atoms with E-state index in [0.29, 0.717) is 12.3 Å². The maximum atomic E-state index is 11.1. The van der Waals surface area contributed by atoms with E-state index in [1.807, 2.05) is 0 Å². The van der Waals surface area contributed by atoms with Gasteiger partial charge < -0.3 is 14.2 Å². The first kappa shape index (κ1) is 14.5. The van der Waals surface area contributed by atoms with Crippen molar-refractivity contribution < 1.29 is 14.1 Å². The lowest BCUT2D eigenvalue weighted by atomic mass is 10.3. The molecular weight excluding hydrogens is 272 g/mol. The summed E-state index contributed by atoms with van der Waals surface area (Å²) in [6.45, 7) is 5.34. The summed E-state index contributed by atoms with van der Waals surface area (Å²) in [5, 5.41) is 4.04. The van der Waals surface area contributed by atoms with Crippen LogP contribution in [-0.2, 0) is 16.1 Å². The van der Waals surface area contributed by atoms with Gasteiger partial charge in [0.05, 0.1) is 20.1 Å². The molecule has 0 bridgehead atoms. The SMILES string of the molecule is COC(=O)CCN1CCN(Cc2nc(C3CC3)no2)CC1. The highest BCUT2D eigenvalue weighted by atomic mass is 16.5. The van der Waals surface area contributed by atoms with Gasteiger partial charge in [-0.1, -0.05) is 5.16 Å². The molecule has 116 valence electrons. The Morgan fingerprint density at radius 2 is 2.00 bits per heavy atom. The Labute approximate surface area is 124 Å². The normalized spacial score (nSPS) is 20.6. The van der Waals surface area contributed by atoms with Crippen LogP contribution in [0.4, 0.5) is 0 Å². The molecule has 0 amide bonds. The molecule has 1 aromatic rings. The average Bonchev–Trinajstić information content (AvgIpc) is 3.26. The molecule has 7 heteroatoms. The molecule has 0 unspecified atom stereocenters. The minimum Gasteiger partial charge on any atom is -0.469 e. The lowest BCUT2D eigenvalue weighted by Gasteiger charge is -2.33. The van der Waals surface area contributed by atoms with Gasteiger partial charge in [-0.25, -0.2) is 0 Å². The largest absolute Gasteiger partial charge is 0.469 e. The van der Waals surface area contributed by atoms with Crippen LogP contribution in [0.2, 0.25) is 0 Å². The fourth-order valence-electron chi connectivity index (χ4n) is 2.55. The standard InChI is InChI=1S/C14H22N4O3/c1-20-13(19)4-5-17-6-8-18(9-7-17)10-12-15-14(16-21-12)11-2-3-11/h11H,2-10H2,1H3. The summed E-state index contributed by atoms with van der Waals surface area (Å²) in [4.78, 5) is 20.2. The van der Waals surface area contributed by atoms with Gasteiger partial charge in [0.25, 0.3) is 0 Å². The number of ether oxygens (including phenoxy) is 1. The van der Waals surface area contributed by atoms with Gasteiger partial charge in [-0.2, -0.15) is 4.98 Å². The molecule has 0 N–H and O–H groups in total. The molecule has 7 nitrogen and oxygen atoms in total. The third-order valence-electron chi connectivity index (χ3n) is 4.11. The second kappa shape index (κ2) is 6.53. The fraction of sp³-hybridized carbons (Fsp3) is 0.786. The van der Waals surface area contributed by atoms with E-state index in [4.69, 9.17) is 4.52 Å². The molecule has 0 atom stereocenters. The molecule has 1 saturated carbocycles. The second-order valence-electron chi connectivity index (χ2n) is 5.76. The van der Waals surface area contributed by atoms with Gasteiger partial charge in [0.1, 0.15) is 0 Å². The van der Waals surface area contributed by atoms with E-state index in [0.717, 1.165) is 51.0 Å². The van der Waals surface area contributed by atoms with Crippen molar-refractivity contribution >= 4 is 5.97 Å². The summed E-state index contributed by atoms with van der Waals surface area (Å²) < 4.78 is 9.98. The van der Waals surface area contributed by atoms with Crippen molar-refractivity contribution in [2.24, 2.45) is 0 Å². The smallest absolute Gasteiger partial charge is 0.306 e. The molecule has 2 aliphatic rings. The maximum Gasteiger partial charge on any atom is 0.306 e. The van der Waals surface area contributed by atoms with E-state index in [1.165, 1.54) is 20.0 Å².